The molecule has 2 aliphatic rings. The predicted molar refractivity (Wildman–Crippen MR) is 97.2 cm³/mol. The second kappa shape index (κ2) is 6.37. The maximum atomic E-state index is 12.2. The molecule has 1 aliphatic heterocycles. The highest BCUT2D eigenvalue weighted by Gasteiger charge is 2.54. The van der Waals surface area contributed by atoms with Crippen molar-refractivity contribution in [2.24, 2.45) is 5.92 Å². The predicted octanol–water partition coefficient (Wildman–Crippen LogP) is 2.51. The zero-order valence-corrected chi connectivity index (χ0v) is 15.5. The number of hydrogen-bond acceptors (Lipinski definition) is 6. The smallest absolute Gasteiger partial charge is 0.254 e. The molecule has 1 aliphatic carbocycles. The second-order valence-electron chi connectivity index (χ2n) is 7.69. The maximum Gasteiger partial charge on any atom is 0.254 e. The third-order valence-electron chi connectivity index (χ3n) is 5.81. The lowest BCUT2D eigenvalue weighted by atomic mass is 9.80. The molecule has 1 amide bonds. The van der Waals surface area contributed by atoms with Crippen LogP contribution in [0.5, 0.6) is 0 Å². The van der Waals surface area contributed by atoms with Gasteiger partial charge in [0, 0.05) is 32.3 Å². The summed E-state index contributed by atoms with van der Waals surface area (Å²) >= 11 is 0. The van der Waals surface area contributed by atoms with Gasteiger partial charge in [-0.25, -0.2) is 4.98 Å². The molecule has 0 spiro atoms. The zero-order valence-electron chi connectivity index (χ0n) is 15.5. The summed E-state index contributed by atoms with van der Waals surface area (Å²) in [5.41, 5.74) is 0.482. The minimum absolute atomic E-state index is 0.112. The Morgan fingerprint density at radius 2 is 2.31 bits per heavy atom. The molecule has 7 heteroatoms. The van der Waals surface area contributed by atoms with E-state index in [1.165, 1.54) is 6.42 Å². The van der Waals surface area contributed by atoms with Crippen LogP contribution in [-0.4, -0.2) is 41.2 Å². The summed E-state index contributed by atoms with van der Waals surface area (Å²) in [5, 5.41) is 6.89. The van der Waals surface area contributed by atoms with E-state index in [4.69, 9.17) is 9.51 Å². The number of rotatable bonds is 4. The molecule has 7 nitrogen and oxygen atoms in total. The van der Waals surface area contributed by atoms with E-state index in [1.54, 1.807) is 19.3 Å². The first kappa shape index (κ1) is 17.0. The van der Waals surface area contributed by atoms with Crippen molar-refractivity contribution in [2.45, 2.75) is 44.4 Å². The van der Waals surface area contributed by atoms with Crippen LogP contribution >= 0.6 is 0 Å². The number of carbonyl (C=O) groups excluding carboxylic acids is 1. The van der Waals surface area contributed by atoms with Gasteiger partial charge in [-0.3, -0.25) is 4.79 Å². The molecular formula is C19H25N5O2. The van der Waals surface area contributed by atoms with E-state index in [2.05, 4.69) is 34.2 Å². The number of nitrogens with one attached hydrogen (secondary N) is 1. The molecule has 1 N–H and O–H groups in total. The van der Waals surface area contributed by atoms with E-state index >= 15 is 0 Å². The summed E-state index contributed by atoms with van der Waals surface area (Å²) in [4.78, 5) is 23.7. The van der Waals surface area contributed by atoms with Gasteiger partial charge in [-0.2, -0.15) is 4.98 Å². The molecule has 2 aromatic heterocycles. The van der Waals surface area contributed by atoms with Crippen molar-refractivity contribution in [2.75, 3.05) is 25.0 Å². The lowest BCUT2D eigenvalue weighted by Crippen LogP contribution is -2.33. The fourth-order valence-corrected chi connectivity index (χ4v) is 4.43. The minimum Gasteiger partial charge on any atom is -0.355 e. The number of anilines is 1. The Bertz CT molecular complexity index is 818. The van der Waals surface area contributed by atoms with Crippen LogP contribution in [0.15, 0.2) is 22.9 Å². The zero-order chi connectivity index (χ0) is 18.3. The van der Waals surface area contributed by atoms with Crippen molar-refractivity contribution in [3.8, 4) is 0 Å². The summed E-state index contributed by atoms with van der Waals surface area (Å²) in [7, 11) is 1.64. The molecule has 0 bridgehead atoms. The molecule has 3 heterocycles. The molecule has 0 aromatic carbocycles. The third kappa shape index (κ3) is 2.57. The van der Waals surface area contributed by atoms with Crippen LogP contribution in [0.25, 0.3) is 0 Å². The SMILES string of the molecule is CNC(=O)c1cccnc1N1C[C@@H]2CCC[C@]2(c2nc(C(C)C)no2)C1. The molecule has 0 radical (unpaired) electrons. The Kier molecular flexibility index (Phi) is 4.17. The van der Waals surface area contributed by atoms with Crippen LogP contribution in [0.3, 0.4) is 0 Å². The average molecular weight is 355 g/mol. The molecule has 4 rings (SSSR count). The second-order valence-corrected chi connectivity index (χ2v) is 7.69. The van der Waals surface area contributed by atoms with Crippen LogP contribution in [0.1, 0.15) is 61.1 Å². The molecular weight excluding hydrogens is 330 g/mol. The fraction of sp³-hybridized carbons (Fsp3) is 0.579. The van der Waals surface area contributed by atoms with Crippen molar-refractivity contribution in [3.63, 3.8) is 0 Å². The number of fused-ring (bicyclic) bond motifs is 1. The van der Waals surface area contributed by atoms with Gasteiger partial charge < -0.3 is 14.7 Å². The van der Waals surface area contributed by atoms with E-state index < -0.39 is 0 Å². The van der Waals surface area contributed by atoms with Crippen LogP contribution < -0.4 is 10.2 Å². The Hall–Kier alpha value is -2.44. The Balaban J connectivity index is 1.68. The van der Waals surface area contributed by atoms with Gasteiger partial charge in [-0.05, 0) is 30.9 Å². The summed E-state index contributed by atoms with van der Waals surface area (Å²) in [6.07, 6.45) is 5.09. The van der Waals surface area contributed by atoms with Gasteiger partial charge in [-0.1, -0.05) is 25.4 Å². The summed E-state index contributed by atoms with van der Waals surface area (Å²) in [5.74, 6) is 2.84. The van der Waals surface area contributed by atoms with Gasteiger partial charge in [0.2, 0.25) is 5.89 Å². The molecule has 1 saturated heterocycles. The third-order valence-corrected chi connectivity index (χ3v) is 5.81. The molecule has 138 valence electrons. The van der Waals surface area contributed by atoms with Gasteiger partial charge >= 0.3 is 0 Å². The highest BCUT2D eigenvalue weighted by Crippen LogP contribution is 2.51. The Labute approximate surface area is 153 Å². The normalized spacial score (nSPS) is 24.9. The topological polar surface area (TPSA) is 84.2 Å². The van der Waals surface area contributed by atoms with E-state index in [9.17, 15) is 4.79 Å². The average Bonchev–Trinajstić information content (AvgIpc) is 3.34. The molecule has 2 fully saturated rings. The van der Waals surface area contributed by atoms with Crippen molar-refractivity contribution in [1.29, 1.82) is 0 Å². The van der Waals surface area contributed by atoms with Crippen LogP contribution in [0, 0.1) is 5.92 Å². The van der Waals surface area contributed by atoms with Gasteiger partial charge in [0.25, 0.3) is 5.91 Å². The van der Waals surface area contributed by atoms with E-state index in [-0.39, 0.29) is 17.2 Å². The summed E-state index contributed by atoms with van der Waals surface area (Å²) in [6, 6.07) is 3.62. The van der Waals surface area contributed by atoms with Crippen molar-refractivity contribution in [1.82, 2.24) is 20.4 Å². The summed E-state index contributed by atoms with van der Waals surface area (Å²) in [6.45, 7) is 5.77. The Morgan fingerprint density at radius 3 is 3.04 bits per heavy atom. The molecule has 2 atom stereocenters. The first-order valence-corrected chi connectivity index (χ1v) is 9.31. The quantitative estimate of drug-likeness (QED) is 0.907. The van der Waals surface area contributed by atoms with Gasteiger partial charge in [0.05, 0.1) is 11.0 Å². The maximum absolute atomic E-state index is 12.2. The van der Waals surface area contributed by atoms with Crippen molar-refractivity contribution in [3.05, 3.63) is 35.6 Å². The largest absolute Gasteiger partial charge is 0.355 e. The standard InChI is InChI=1S/C19H25N5O2/c1-12(2)15-22-18(26-23-15)19-8-4-6-13(19)10-24(11-19)16-14(17(25)20-3)7-5-9-21-16/h5,7,9,12-13H,4,6,8,10-11H2,1-3H3,(H,20,25)/t13-,19-/m0/s1. The molecule has 2 aromatic rings. The van der Waals surface area contributed by atoms with Crippen LogP contribution in [0.2, 0.25) is 0 Å². The monoisotopic (exact) mass is 355 g/mol. The fourth-order valence-electron chi connectivity index (χ4n) is 4.43. The minimum atomic E-state index is -0.127. The molecule has 0 unspecified atom stereocenters. The summed E-state index contributed by atoms with van der Waals surface area (Å²) < 4.78 is 5.71. The highest BCUT2D eigenvalue weighted by atomic mass is 16.5. The van der Waals surface area contributed by atoms with Gasteiger partial charge in [0.15, 0.2) is 5.82 Å². The Morgan fingerprint density at radius 1 is 1.46 bits per heavy atom. The van der Waals surface area contributed by atoms with Gasteiger partial charge in [0.1, 0.15) is 5.82 Å². The lowest BCUT2D eigenvalue weighted by molar-refractivity contribution is 0.0963. The number of aromatic nitrogens is 3. The lowest BCUT2D eigenvalue weighted by Gasteiger charge is -2.25. The first-order chi connectivity index (χ1) is 12.5. The first-order valence-electron chi connectivity index (χ1n) is 9.31. The van der Waals surface area contributed by atoms with Crippen LogP contribution in [0.4, 0.5) is 5.82 Å². The van der Waals surface area contributed by atoms with E-state index in [0.717, 1.165) is 43.5 Å². The number of carbonyl (C=O) groups is 1. The number of hydrogen-bond donors (Lipinski definition) is 1. The molecule has 26 heavy (non-hydrogen) atoms. The molecule has 1 saturated carbocycles. The van der Waals surface area contributed by atoms with Crippen molar-refractivity contribution < 1.29 is 9.32 Å². The number of pyridine rings is 1. The van der Waals surface area contributed by atoms with Crippen LogP contribution in [-0.2, 0) is 5.41 Å². The van der Waals surface area contributed by atoms with Gasteiger partial charge in [-0.15, -0.1) is 0 Å². The van der Waals surface area contributed by atoms with Crippen molar-refractivity contribution >= 4 is 11.7 Å². The van der Waals surface area contributed by atoms with E-state index in [0.29, 0.717) is 11.5 Å². The number of amides is 1. The number of nitrogens with zero attached hydrogens (tertiary/aromatic N) is 4. The highest BCUT2D eigenvalue weighted by molar-refractivity contribution is 5.98. The van der Waals surface area contributed by atoms with E-state index in [1.807, 2.05) is 6.07 Å².